The average Bonchev–Trinajstić information content (AvgIpc) is 2.77. The number of anilines is 1. The van der Waals surface area contributed by atoms with Crippen LogP contribution < -0.4 is 4.90 Å². The Labute approximate surface area is 197 Å². The van der Waals surface area contributed by atoms with Gasteiger partial charge in [-0.05, 0) is 80.4 Å². The van der Waals surface area contributed by atoms with Gasteiger partial charge in [0.05, 0.1) is 0 Å². The van der Waals surface area contributed by atoms with Crippen molar-refractivity contribution in [1.82, 2.24) is 9.80 Å². The molecule has 0 aromatic heterocycles. The number of fused-ring (bicyclic) bond motifs is 1. The Kier molecular flexibility index (Phi) is 7.59. The van der Waals surface area contributed by atoms with Gasteiger partial charge in [0.15, 0.2) is 0 Å². The van der Waals surface area contributed by atoms with Gasteiger partial charge >= 0.3 is 0 Å². The third-order valence-electron chi connectivity index (χ3n) is 6.18. The van der Waals surface area contributed by atoms with Gasteiger partial charge in [-0.25, -0.2) is 0 Å². The Balaban J connectivity index is 1.82. The van der Waals surface area contributed by atoms with Crippen LogP contribution in [-0.4, -0.2) is 60.5 Å². The second-order valence-corrected chi connectivity index (χ2v) is 9.43. The summed E-state index contributed by atoms with van der Waals surface area (Å²) in [4.78, 5) is 31.4. The fourth-order valence-electron chi connectivity index (χ4n) is 4.13. The molecule has 0 fully saturated rings. The lowest BCUT2D eigenvalue weighted by Gasteiger charge is -2.35. The third-order valence-corrected chi connectivity index (χ3v) is 6.18. The van der Waals surface area contributed by atoms with Crippen LogP contribution in [0.5, 0.6) is 5.75 Å². The van der Waals surface area contributed by atoms with Crippen molar-refractivity contribution >= 4 is 17.5 Å². The number of carbonyl (C=O) groups excluding carboxylic acids is 2. The number of amides is 2. The first-order valence-corrected chi connectivity index (χ1v) is 11.4. The first kappa shape index (κ1) is 24.5. The lowest BCUT2D eigenvalue weighted by Crippen LogP contribution is -2.42. The summed E-state index contributed by atoms with van der Waals surface area (Å²) in [6.45, 7) is 7.24. The monoisotopic (exact) mass is 449 g/mol. The van der Waals surface area contributed by atoms with E-state index in [-0.39, 0.29) is 29.5 Å². The van der Waals surface area contributed by atoms with E-state index in [1.807, 2.05) is 56.0 Å². The van der Waals surface area contributed by atoms with Crippen LogP contribution in [0.4, 0.5) is 5.69 Å². The number of rotatable bonds is 6. The number of likely N-dealkylation sites (N-methyl/N-ethyl adjacent to an activating group) is 2. The van der Waals surface area contributed by atoms with Crippen molar-refractivity contribution < 1.29 is 14.7 Å². The van der Waals surface area contributed by atoms with Crippen molar-refractivity contribution in [3.05, 3.63) is 70.8 Å². The summed E-state index contributed by atoms with van der Waals surface area (Å²) in [5, 5.41) is 10.1. The molecule has 2 aromatic carbocycles. The van der Waals surface area contributed by atoms with Gasteiger partial charge in [-0.15, -0.1) is 0 Å². The zero-order valence-corrected chi connectivity index (χ0v) is 20.5. The Morgan fingerprint density at radius 3 is 2.52 bits per heavy atom. The van der Waals surface area contributed by atoms with Crippen molar-refractivity contribution in [3.8, 4) is 5.75 Å². The second kappa shape index (κ2) is 10.2. The van der Waals surface area contributed by atoms with Crippen molar-refractivity contribution in [2.45, 2.75) is 45.7 Å². The van der Waals surface area contributed by atoms with Gasteiger partial charge in [0.25, 0.3) is 5.91 Å². The van der Waals surface area contributed by atoms with Gasteiger partial charge in [0, 0.05) is 43.5 Å². The number of phenolic OH excluding ortho intramolecular Hbond substituents is 1. The van der Waals surface area contributed by atoms with Gasteiger partial charge in [-0.1, -0.05) is 26.0 Å². The summed E-state index contributed by atoms with van der Waals surface area (Å²) in [7, 11) is 5.68. The van der Waals surface area contributed by atoms with Gasteiger partial charge in [-0.2, -0.15) is 0 Å². The van der Waals surface area contributed by atoms with E-state index in [2.05, 4.69) is 13.0 Å². The van der Waals surface area contributed by atoms with E-state index in [4.69, 9.17) is 0 Å². The fourth-order valence-corrected chi connectivity index (χ4v) is 4.13. The van der Waals surface area contributed by atoms with Crippen LogP contribution in [0.25, 0.3) is 0 Å². The minimum absolute atomic E-state index is 0.0449. The van der Waals surface area contributed by atoms with Crippen LogP contribution in [-0.2, 0) is 17.8 Å². The quantitative estimate of drug-likeness (QED) is 0.672. The van der Waals surface area contributed by atoms with Crippen LogP contribution in [0.15, 0.2) is 48.6 Å². The zero-order valence-electron chi connectivity index (χ0n) is 20.5. The van der Waals surface area contributed by atoms with Gasteiger partial charge in [0.1, 0.15) is 5.75 Å². The van der Waals surface area contributed by atoms with E-state index in [0.29, 0.717) is 18.7 Å². The van der Waals surface area contributed by atoms with Gasteiger partial charge < -0.3 is 19.8 Å². The molecule has 0 radical (unpaired) electrons. The molecule has 0 aliphatic carbocycles. The summed E-state index contributed by atoms with van der Waals surface area (Å²) in [6, 6.07) is 11.2. The predicted octanol–water partition coefficient (Wildman–Crippen LogP) is 4.18. The zero-order chi connectivity index (χ0) is 24.3. The minimum atomic E-state index is -0.0841. The number of carbonyl (C=O) groups is 2. The molecule has 1 N–H and O–H groups in total. The van der Waals surface area contributed by atoms with E-state index in [1.54, 1.807) is 36.2 Å². The number of phenols is 1. The molecule has 2 amide bonds. The SMILES string of the molecule is CC(C)c1cc(C(=O)N2Cc3cc(N(C)C(=O)/C=C/CN(C)C)ccc3CC2C)ccc1O. The molecule has 1 heterocycles. The normalized spacial score (nSPS) is 15.9. The van der Waals surface area contributed by atoms with Crippen LogP contribution >= 0.6 is 0 Å². The first-order valence-electron chi connectivity index (χ1n) is 11.4. The van der Waals surface area contributed by atoms with Crippen molar-refractivity contribution in [1.29, 1.82) is 0 Å². The molecule has 1 aliphatic heterocycles. The Morgan fingerprint density at radius 2 is 1.85 bits per heavy atom. The smallest absolute Gasteiger partial charge is 0.254 e. The van der Waals surface area contributed by atoms with Crippen molar-refractivity contribution in [2.24, 2.45) is 0 Å². The molecule has 176 valence electrons. The second-order valence-electron chi connectivity index (χ2n) is 9.43. The highest BCUT2D eigenvalue weighted by molar-refractivity contribution is 6.01. The molecule has 33 heavy (non-hydrogen) atoms. The maximum atomic E-state index is 13.4. The topological polar surface area (TPSA) is 64.1 Å². The molecular formula is C27H35N3O3. The molecule has 0 spiro atoms. The lowest BCUT2D eigenvalue weighted by atomic mass is 9.93. The molecule has 6 heteroatoms. The average molecular weight is 450 g/mol. The standard InChI is InChI=1S/C27H35N3O3/c1-18(2)24-16-21(10-12-25(24)31)27(33)30-17-22-15-23(11-9-20(22)14-19(30)3)29(6)26(32)8-7-13-28(4)5/h7-12,15-16,18-19,31H,13-14,17H2,1-6H3/b8-7+. The van der Waals surface area contributed by atoms with E-state index in [1.165, 1.54) is 5.56 Å². The maximum absolute atomic E-state index is 13.4. The van der Waals surface area contributed by atoms with Crippen LogP contribution in [0.1, 0.15) is 53.7 Å². The molecule has 0 saturated heterocycles. The lowest BCUT2D eigenvalue weighted by molar-refractivity contribution is -0.113. The number of nitrogens with zero attached hydrogens (tertiary/aromatic N) is 3. The third kappa shape index (κ3) is 5.63. The van der Waals surface area contributed by atoms with E-state index < -0.39 is 0 Å². The van der Waals surface area contributed by atoms with E-state index in [0.717, 1.165) is 23.2 Å². The molecule has 3 rings (SSSR count). The summed E-state index contributed by atoms with van der Waals surface area (Å²) in [5.74, 6) is 0.214. The summed E-state index contributed by atoms with van der Waals surface area (Å²) >= 11 is 0. The molecule has 1 unspecified atom stereocenters. The van der Waals surface area contributed by atoms with E-state index >= 15 is 0 Å². The molecule has 0 saturated carbocycles. The van der Waals surface area contributed by atoms with Crippen molar-refractivity contribution in [3.63, 3.8) is 0 Å². The summed E-state index contributed by atoms with van der Waals surface area (Å²) in [6.07, 6.45) is 4.20. The summed E-state index contributed by atoms with van der Waals surface area (Å²) in [5.41, 5.74) is 4.42. The number of aromatic hydroxyl groups is 1. The van der Waals surface area contributed by atoms with Crippen LogP contribution in [0.2, 0.25) is 0 Å². The number of hydrogen-bond acceptors (Lipinski definition) is 4. The molecular weight excluding hydrogens is 414 g/mol. The molecule has 2 aromatic rings. The van der Waals surface area contributed by atoms with Crippen LogP contribution in [0.3, 0.4) is 0 Å². The Hall–Kier alpha value is -3.12. The number of hydrogen-bond donors (Lipinski definition) is 1. The highest BCUT2D eigenvalue weighted by atomic mass is 16.3. The largest absolute Gasteiger partial charge is 0.508 e. The molecule has 1 aliphatic rings. The summed E-state index contributed by atoms with van der Waals surface area (Å²) < 4.78 is 0. The Bertz CT molecular complexity index is 1060. The molecule has 1 atom stereocenters. The molecule has 0 bridgehead atoms. The minimum Gasteiger partial charge on any atom is -0.508 e. The van der Waals surface area contributed by atoms with E-state index in [9.17, 15) is 14.7 Å². The highest BCUT2D eigenvalue weighted by Gasteiger charge is 2.28. The van der Waals surface area contributed by atoms with Gasteiger partial charge in [-0.3, -0.25) is 9.59 Å². The van der Waals surface area contributed by atoms with Crippen molar-refractivity contribution in [2.75, 3.05) is 32.6 Å². The predicted molar refractivity (Wildman–Crippen MR) is 133 cm³/mol. The first-order chi connectivity index (χ1) is 15.6. The highest BCUT2D eigenvalue weighted by Crippen LogP contribution is 2.31. The van der Waals surface area contributed by atoms with Crippen LogP contribution in [0, 0.1) is 0 Å². The number of benzene rings is 2. The fraction of sp³-hybridized carbons (Fsp3) is 0.407. The molecule has 6 nitrogen and oxygen atoms in total. The van der Waals surface area contributed by atoms with Gasteiger partial charge in [0.2, 0.25) is 5.91 Å². The maximum Gasteiger partial charge on any atom is 0.254 e. The Morgan fingerprint density at radius 1 is 1.12 bits per heavy atom.